The summed E-state index contributed by atoms with van der Waals surface area (Å²) in [6.07, 6.45) is 1.79. The second-order valence-corrected chi connectivity index (χ2v) is 5.37. The first-order chi connectivity index (χ1) is 9.10. The van der Waals surface area contributed by atoms with E-state index in [4.69, 9.17) is 5.73 Å². The van der Waals surface area contributed by atoms with Gasteiger partial charge in [-0.25, -0.2) is 4.68 Å². The van der Waals surface area contributed by atoms with Gasteiger partial charge in [0.05, 0.1) is 11.9 Å². The van der Waals surface area contributed by atoms with Gasteiger partial charge in [0.25, 0.3) is 5.56 Å². The van der Waals surface area contributed by atoms with E-state index in [1.807, 2.05) is 6.92 Å². The lowest BCUT2D eigenvalue weighted by molar-refractivity contribution is 0.312. The van der Waals surface area contributed by atoms with Gasteiger partial charge in [-0.1, -0.05) is 6.92 Å². The molecule has 1 unspecified atom stereocenters. The molecule has 0 bridgehead atoms. The summed E-state index contributed by atoms with van der Waals surface area (Å²) >= 11 is 0. The van der Waals surface area contributed by atoms with Crippen molar-refractivity contribution in [3.05, 3.63) is 22.6 Å². The van der Waals surface area contributed by atoms with Gasteiger partial charge in [0.1, 0.15) is 0 Å². The summed E-state index contributed by atoms with van der Waals surface area (Å²) < 4.78 is 1.50. The number of anilines is 1. The Morgan fingerprint density at radius 2 is 2.05 bits per heavy atom. The molecule has 0 aromatic carbocycles. The molecular weight excluding hydrogens is 242 g/mol. The van der Waals surface area contributed by atoms with Crippen LogP contribution in [0.15, 0.2) is 17.1 Å². The highest BCUT2D eigenvalue weighted by atomic mass is 16.1. The monoisotopic (exact) mass is 265 g/mol. The third kappa shape index (κ3) is 3.54. The number of likely N-dealkylation sites (N-methyl/N-ethyl adjacent to an activating group) is 1. The molecule has 0 amide bonds. The lowest BCUT2D eigenvalue weighted by Gasteiger charge is -2.33. The van der Waals surface area contributed by atoms with Crippen LogP contribution in [0.1, 0.15) is 6.92 Å². The number of rotatable bonds is 4. The van der Waals surface area contributed by atoms with Gasteiger partial charge in [-0.3, -0.25) is 4.79 Å². The Labute approximate surface area is 113 Å². The quantitative estimate of drug-likeness (QED) is 0.801. The van der Waals surface area contributed by atoms with Crippen LogP contribution in [0, 0.1) is 5.92 Å². The average Bonchev–Trinajstić information content (AvgIpc) is 2.41. The number of nitrogens with zero attached hydrogens (tertiary/aromatic N) is 4. The van der Waals surface area contributed by atoms with Crippen molar-refractivity contribution in [1.29, 1.82) is 0 Å². The predicted octanol–water partition coefficient (Wildman–Crippen LogP) is -0.410. The molecule has 2 N–H and O–H groups in total. The van der Waals surface area contributed by atoms with Crippen molar-refractivity contribution in [2.75, 3.05) is 44.7 Å². The van der Waals surface area contributed by atoms with Crippen LogP contribution in [0.25, 0.3) is 0 Å². The standard InChI is InChI=1S/C13H23N5O/c1-11(8-14)10-18-13(19)7-12(9-15-18)17-5-3-16(2)4-6-17/h7,9,11H,3-6,8,10,14H2,1-2H3. The molecule has 0 spiro atoms. The number of piperazine rings is 1. The first-order valence-corrected chi connectivity index (χ1v) is 6.81. The maximum Gasteiger partial charge on any atom is 0.268 e. The van der Waals surface area contributed by atoms with Crippen LogP contribution >= 0.6 is 0 Å². The fourth-order valence-electron chi connectivity index (χ4n) is 2.17. The van der Waals surface area contributed by atoms with E-state index in [0.29, 0.717) is 13.1 Å². The van der Waals surface area contributed by atoms with E-state index < -0.39 is 0 Å². The zero-order chi connectivity index (χ0) is 13.8. The molecule has 0 aliphatic carbocycles. The zero-order valence-electron chi connectivity index (χ0n) is 11.7. The van der Waals surface area contributed by atoms with Crippen LogP contribution in [-0.2, 0) is 6.54 Å². The molecule has 6 heteroatoms. The Morgan fingerprint density at radius 3 is 2.63 bits per heavy atom. The summed E-state index contributed by atoms with van der Waals surface area (Å²) in [6.45, 7) is 7.09. The normalized spacial score (nSPS) is 18.6. The van der Waals surface area contributed by atoms with E-state index >= 15 is 0 Å². The molecule has 19 heavy (non-hydrogen) atoms. The van der Waals surface area contributed by atoms with Crippen molar-refractivity contribution >= 4 is 5.69 Å². The Morgan fingerprint density at radius 1 is 1.37 bits per heavy atom. The fraction of sp³-hybridized carbons (Fsp3) is 0.692. The summed E-state index contributed by atoms with van der Waals surface area (Å²) in [5, 5.41) is 4.25. The molecular formula is C13H23N5O. The van der Waals surface area contributed by atoms with Crippen molar-refractivity contribution in [2.24, 2.45) is 11.7 Å². The predicted molar refractivity (Wildman–Crippen MR) is 76.4 cm³/mol. The van der Waals surface area contributed by atoms with Crippen molar-refractivity contribution in [3.8, 4) is 0 Å². The van der Waals surface area contributed by atoms with Gasteiger partial charge in [0.2, 0.25) is 0 Å². The highest BCUT2D eigenvalue weighted by Gasteiger charge is 2.15. The maximum atomic E-state index is 12.0. The van der Waals surface area contributed by atoms with Gasteiger partial charge in [0, 0.05) is 38.8 Å². The molecule has 1 aliphatic heterocycles. The molecule has 0 saturated carbocycles. The molecule has 2 rings (SSSR count). The van der Waals surface area contributed by atoms with E-state index in [0.717, 1.165) is 31.9 Å². The minimum absolute atomic E-state index is 0.0447. The molecule has 2 heterocycles. The number of nitrogens with two attached hydrogens (primary N) is 1. The van der Waals surface area contributed by atoms with Gasteiger partial charge in [0.15, 0.2) is 0 Å². The summed E-state index contributed by atoms with van der Waals surface area (Å²) in [4.78, 5) is 16.5. The zero-order valence-corrected chi connectivity index (χ0v) is 11.7. The summed E-state index contributed by atoms with van der Waals surface area (Å²) in [5.74, 6) is 0.264. The molecule has 1 aromatic heterocycles. The summed E-state index contributed by atoms with van der Waals surface area (Å²) in [6, 6.07) is 1.68. The largest absolute Gasteiger partial charge is 0.368 e. The van der Waals surface area contributed by atoms with Gasteiger partial charge in [-0.2, -0.15) is 5.10 Å². The number of hydrogen-bond donors (Lipinski definition) is 1. The van der Waals surface area contributed by atoms with E-state index in [1.165, 1.54) is 4.68 Å². The molecule has 6 nitrogen and oxygen atoms in total. The van der Waals surface area contributed by atoms with E-state index in [1.54, 1.807) is 12.3 Å². The Hall–Kier alpha value is -1.40. The Bertz CT molecular complexity index is 464. The Kier molecular flexibility index (Phi) is 4.55. The van der Waals surface area contributed by atoms with Crippen molar-refractivity contribution in [3.63, 3.8) is 0 Å². The average molecular weight is 265 g/mol. The molecule has 106 valence electrons. The fourth-order valence-corrected chi connectivity index (χ4v) is 2.17. The molecule has 1 atom stereocenters. The number of aromatic nitrogens is 2. The first kappa shape index (κ1) is 14.0. The molecule has 0 radical (unpaired) electrons. The summed E-state index contributed by atoms with van der Waals surface area (Å²) in [7, 11) is 2.11. The minimum atomic E-state index is -0.0447. The highest BCUT2D eigenvalue weighted by molar-refractivity contribution is 5.43. The van der Waals surface area contributed by atoms with Crippen LogP contribution in [0.4, 0.5) is 5.69 Å². The highest BCUT2D eigenvalue weighted by Crippen LogP contribution is 2.12. The maximum absolute atomic E-state index is 12.0. The SMILES string of the molecule is CC(CN)Cn1ncc(N2CCN(C)CC2)cc1=O. The molecule has 1 aliphatic rings. The van der Waals surface area contributed by atoms with Crippen molar-refractivity contribution in [1.82, 2.24) is 14.7 Å². The van der Waals surface area contributed by atoms with Gasteiger partial charge < -0.3 is 15.5 Å². The number of hydrogen-bond acceptors (Lipinski definition) is 5. The van der Waals surface area contributed by atoms with Gasteiger partial charge >= 0.3 is 0 Å². The van der Waals surface area contributed by atoms with Crippen molar-refractivity contribution < 1.29 is 0 Å². The van der Waals surface area contributed by atoms with Crippen LogP contribution in [0.3, 0.4) is 0 Å². The van der Waals surface area contributed by atoms with Crippen LogP contribution in [-0.4, -0.2) is 54.5 Å². The smallest absolute Gasteiger partial charge is 0.268 e. The lowest BCUT2D eigenvalue weighted by atomic mass is 10.2. The second-order valence-electron chi connectivity index (χ2n) is 5.37. The van der Waals surface area contributed by atoms with Gasteiger partial charge in [-0.05, 0) is 19.5 Å². The van der Waals surface area contributed by atoms with Crippen molar-refractivity contribution in [2.45, 2.75) is 13.5 Å². The van der Waals surface area contributed by atoms with E-state index in [2.05, 4.69) is 21.9 Å². The Balaban J connectivity index is 2.08. The van der Waals surface area contributed by atoms with Gasteiger partial charge in [-0.15, -0.1) is 0 Å². The molecule has 1 fully saturated rings. The minimum Gasteiger partial charge on any atom is -0.368 e. The van der Waals surface area contributed by atoms with Crippen LogP contribution < -0.4 is 16.2 Å². The molecule has 1 saturated heterocycles. The third-order valence-electron chi connectivity index (χ3n) is 3.61. The topological polar surface area (TPSA) is 67.4 Å². The second kappa shape index (κ2) is 6.16. The van der Waals surface area contributed by atoms with Crippen LogP contribution in [0.2, 0.25) is 0 Å². The van der Waals surface area contributed by atoms with E-state index in [9.17, 15) is 4.79 Å². The third-order valence-corrected chi connectivity index (χ3v) is 3.61. The van der Waals surface area contributed by atoms with E-state index in [-0.39, 0.29) is 11.5 Å². The summed E-state index contributed by atoms with van der Waals surface area (Å²) in [5.41, 5.74) is 6.45. The van der Waals surface area contributed by atoms with Crippen LogP contribution in [0.5, 0.6) is 0 Å². The molecule has 1 aromatic rings. The first-order valence-electron chi connectivity index (χ1n) is 6.81. The lowest BCUT2D eigenvalue weighted by Crippen LogP contribution is -2.45.